The van der Waals surface area contributed by atoms with Gasteiger partial charge in [0.25, 0.3) is 0 Å². The summed E-state index contributed by atoms with van der Waals surface area (Å²) < 4.78 is 0. The molecule has 0 atom stereocenters. The highest BCUT2D eigenvalue weighted by Crippen LogP contribution is 1.99. The zero-order valence-corrected chi connectivity index (χ0v) is 8.12. The molecule has 0 saturated carbocycles. The second-order valence-electron chi connectivity index (χ2n) is 2.38. The van der Waals surface area contributed by atoms with Crippen molar-refractivity contribution >= 4 is 11.8 Å². The van der Waals surface area contributed by atoms with Crippen LogP contribution in [0.15, 0.2) is 0 Å². The Morgan fingerprint density at radius 3 is 2.64 bits per heavy atom. The number of aliphatic hydroxyl groups is 1. The third-order valence-corrected chi connectivity index (χ3v) is 2.34. The lowest BCUT2D eigenvalue weighted by molar-refractivity contribution is 0.286. The van der Waals surface area contributed by atoms with Crippen molar-refractivity contribution in [3.05, 3.63) is 0 Å². The fourth-order valence-corrected chi connectivity index (χ4v) is 1.41. The first-order valence-corrected chi connectivity index (χ1v) is 5.46. The molecule has 0 bridgehead atoms. The second kappa shape index (κ2) is 10.3. The van der Waals surface area contributed by atoms with Crippen molar-refractivity contribution in [2.45, 2.75) is 19.8 Å². The number of thioether (sulfide) groups is 1. The molecule has 0 aliphatic rings. The first-order chi connectivity index (χ1) is 5.41. The average Bonchev–Trinajstić information content (AvgIpc) is 2.03. The number of aliphatic hydroxyl groups excluding tert-OH is 1. The Bertz CT molecular complexity index is 63.1. The summed E-state index contributed by atoms with van der Waals surface area (Å²) in [5, 5.41) is 11.7. The number of hydrogen-bond donors (Lipinski definition) is 2. The Balaban J connectivity index is 2.69. The molecule has 0 aliphatic heterocycles. The molecule has 0 spiro atoms. The summed E-state index contributed by atoms with van der Waals surface area (Å²) >= 11 is 1.98. The molecule has 0 aromatic rings. The van der Waals surface area contributed by atoms with Crippen LogP contribution in [0.5, 0.6) is 0 Å². The minimum atomic E-state index is 0.302. The van der Waals surface area contributed by atoms with Crippen molar-refractivity contribution < 1.29 is 5.11 Å². The van der Waals surface area contributed by atoms with Crippen LogP contribution in [0.2, 0.25) is 0 Å². The van der Waals surface area contributed by atoms with Gasteiger partial charge in [0.2, 0.25) is 0 Å². The molecular weight excluding hydrogens is 158 g/mol. The minimum Gasteiger partial charge on any atom is -0.396 e. The lowest BCUT2D eigenvalue weighted by atomic mass is 10.4. The molecule has 0 unspecified atom stereocenters. The summed E-state index contributed by atoms with van der Waals surface area (Å²) in [6.07, 6.45) is 2.12. The second-order valence-corrected chi connectivity index (χ2v) is 3.77. The van der Waals surface area contributed by atoms with Crippen LogP contribution in [0, 0.1) is 0 Å². The van der Waals surface area contributed by atoms with Crippen LogP contribution < -0.4 is 5.32 Å². The number of rotatable bonds is 8. The molecule has 2 nitrogen and oxygen atoms in total. The lowest BCUT2D eigenvalue weighted by Crippen LogP contribution is -2.18. The maximum Gasteiger partial charge on any atom is 0.0443 e. The van der Waals surface area contributed by atoms with Crippen LogP contribution in [0.25, 0.3) is 0 Å². The van der Waals surface area contributed by atoms with Gasteiger partial charge >= 0.3 is 0 Å². The first-order valence-electron chi connectivity index (χ1n) is 4.31. The predicted molar refractivity (Wildman–Crippen MR) is 52.2 cm³/mol. The standard InChI is InChI=1S/C8H19NOS/c1-2-11-8-4-6-9-5-3-7-10/h9-10H,2-8H2,1H3. The highest BCUT2D eigenvalue weighted by atomic mass is 32.2. The molecule has 0 aliphatic carbocycles. The lowest BCUT2D eigenvalue weighted by Gasteiger charge is -2.01. The van der Waals surface area contributed by atoms with Crippen LogP contribution in [0.3, 0.4) is 0 Å². The van der Waals surface area contributed by atoms with Gasteiger partial charge in [-0.15, -0.1) is 0 Å². The van der Waals surface area contributed by atoms with Gasteiger partial charge in [0.15, 0.2) is 0 Å². The van der Waals surface area contributed by atoms with E-state index in [0.29, 0.717) is 6.61 Å². The summed E-state index contributed by atoms with van der Waals surface area (Å²) in [5.74, 6) is 2.47. The summed E-state index contributed by atoms with van der Waals surface area (Å²) in [6.45, 7) is 4.53. The molecule has 2 N–H and O–H groups in total. The number of hydrogen-bond acceptors (Lipinski definition) is 3. The van der Waals surface area contributed by atoms with Crippen molar-refractivity contribution in [2.24, 2.45) is 0 Å². The van der Waals surface area contributed by atoms with E-state index in [2.05, 4.69) is 12.2 Å². The van der Waals surface area contributed by atoms with E-state index in [4.69, 9.17) is 5.11 Å². The molecule has 0 radical (unpaired) electrons. The summed E-state index contributed by atoms with van der Waals surface area (Å²) in [5.41, 5.74) is 0. The molecule has 0 rings (SSSR count). The van der Waals surface area contributed by atoms with Crippen molar-refractivity contribution in [3.8, 4) is 0 Å². The van der Waals surface area contributed by atoms with Gasteiger partial charge in [0.05, 0.1) is 0 Å². The molecule has 11 heavy (non-hydrogen) atoms. The van der Waals surface area contributed by atoms with Crippen molar-refractivity contribution in [3.63, 3.8) is 0 Å². The van der Waals surface area contributed by atoms with Crippen molar-refractivity contribution in [1.82, 2.24) is 5.32 Å². The van der Waals surface area contributed by atoms with E-state index in [1.165, 1.54) is 17.9 Å². The highest BCUT2D eigenvalue weighted by Gasteiger charge is 1.87. The Kier molecular flexibility index (Phi) is 10.5. The third-order valence-electron chi connectivity index (χ3n) is 1.36. The molecule has 0 heterocycles. The van der Waals surface area contributed by atoms with Gasteiger partial charge in [-0.2, -0.15) is 11.8 Å². The Labute approximate surface area is 73.8 Å². The Morgan fingerprint density at radius 2 is 2.00 bits per heavy atom. The van der Waals surface area contributed by atoms with Gasteiger partial charge in [-0.25, -0.2) is 0 Å². The van der Waals surface area contributed by atoms with Gasteiger partial charge < -0.3 is 10.4 Å². The maximum atomic E-state index is 8.46. The SMILES string of the molecule is CCSCCCNCCCO. The predicted octanol–water partition coefficient (Wildman–Crippen LogP) is 1.10. The number of nitrogens with one attached hydrogen (secondary N) is 1. The van der Waals surface area contributed by atoms with Crippen molar-refractivity contribution in [2.75, 3.05) is 31.2 Å². The topological polar surface area (TPSA) is 32.3 Å². The molecule has 0 aromatic carbocycles. The maximum absolute atomic E-state index is 8.46. The van der Waals surface area contributed by atoms with Crippen LogP contribution in [0.4, 0.5) is 0 Å². The smallest absolute Gasteiger partial charge is 0.0443 e. The third kappa shape index (κ3) is 10.3. The van der Waals surface area contributed by atoms with E-state index >= 15 is 0 Å². The van der Waals surface area contributed by atoms with Crippen LogP contribution >= 0.6 is 11.8 Å². The van der Waals surface area contributed by atoms with Gasteiger partial charge in [-0.1, -0.05) is 6.92 Å². The largest absolute Gasteiger partial charge is 0.396 e. The minimum absolute atomic E-state index is 0.302. The summed E-state index contributed by atoms with van der Waals surface area (Å²) in [6, 6.07) is 0. The molecule has 0 amide bonds. The zero-order valence-electron chi connectivity index (χ0n) is 7.31. The van der Waals surface area contributed by atoms with E-state index in [9.17, 15) is 0 Å². The normalized spacial score (nSPS) is 10.4. The molecule has 0 aromatic heterocycles. The average molecular weight is 177 g/mol. The highest BCUT2D eigenvalue weighted by molar-refractivity contribution is 7.99. The van der Waals surface area contributed by atoms with Crippen LogP contribution in [0.1, 0.15) is 19.8 Å². The van der Waals surface area contributed by atoms with E-state index in [-0.39, 0.29) is 0 Å². The summed E-state index contributed by atoms with van der Waals surface area (Å²) in [7, 11) is 0. The molecule has 68 valence electrons. The Morgan fingerprint density at radius 1 is 1.27 bits per heavy atom. The molecule has 3 heteroatoms. The fourth-order valence-electron chi connectivity index (χ4n) is 0.773. The quantitative estimate of drug-likeness (QED) is 0.545. The van der Waals surface area contributed by atoms with Gasteiger partial charge in [0, 0.05) is 6.61 Å². The van der Waals surface area contributed by atoms with Crippen LogP contribution in [-0.2, 0) is 0 Å². The molecule has 0 saturated heterocycles. The van der Waals surface area contributed by atoms with Gasteiger partial charge in [-0.3, -0.25) is 0 Å². The molecule has 0 fully saturated rings. The monoisotopic (exact) mass is 177 g/mol. The van der Waals surface area contributed by atoms with Crippen molar-refractivity contribution in [1.29, 1.82) is 0 Å². The zero-order chi connectivity index (χ0) is 8.36. The summed E-state index contributed by atoms with van der Waals surface area (Å²) in [4.78, 5) is 0. The van der Waals surface area contributed by atoms with E-state index in [1.54, 1.807) is 0 Å². The first kappa shape index (κ1) is 11.3. The fraction of sp³-hybridized carbons (Fsp3) is 1.00. The van der Waals surface area contributed by atoms with E-state index in [0.717, 1.165) is 19.5 Å². The van der Waals surface area contributed by atoms with Crippen LogP contribution in [-0.4, -0.2) is 36.3 Å². The van der Waals surface area contributed by atoms with E-state index in [1.807, 2.05) is 11.8 Å². The Hall–Kier alpha value is 0.270. The molecular formula is C8H19NOS. The van der Waals surface area contributed by atoms with Gasteiger partial charge in [0.1, 0.15) is 0 Å². The van der Waals surface area contributed by atoms with E-state index < -0.39 is 0 Å². The van der Waals surface area contributed by atoms with Gasteiger partial charge in [-0.05, 0) is 37.4 Å².